The number of nitrogens with one attached hydrogen (secondary N) is 1. The Bertz CT molecular complexity index is 659. The highest BCUT2D eigenvalue weighted by Gasteiger charge is 2.10. The van der Waals surface area contributed by atoms with Gasteiger partial charge in [-0.1, -0.05) is 18.2 Å². The van der Waals surface area contributed by atoms with Crippen molar-refractivity contribution in [3.8, 4) is 5.88 Å². The molecule has 1 heterocycles. The number of hydrogen-bond donors (Lipinski definition) is 4. The van der Waals surface area contributed by atoms with E-state index in [1.165, 1.54) is 0 Å². The molecule has 1 aromatic carbocycles. The van der Waals surface area contributed by atoms with E-state index in [1.54, 1.807) is 24.3 Å². The predicted octanol–water partition coefficient (Wildman–Crippen LogP) is 1.35. The second-order valence-electron chi connectivity index (χ2n) is 3.28. The maximum atomic E-state index is 10.1. The van der Waals surface area contributed by atoms with E-state index >= 15 is 0 Å². The van der Waals surface area contributed by atoms with Crippen molar-refractivity contribution in [3.05, 3.63) is 29.2 Å². The highest BCUT2D eigenvalue weighted by Crippen LogP contribution is 2.34. The summed E-state index contributed by atoms with van der Waals surface area (Å²) in [5.41, 5.74) is 6.02. The third-order valence-electron chi connectivity index (χ3n) is 2.10. The number of aromatic amines is 1. The zero-order valence-corrected chi connectivity index (χ0v) is 8.98. The molecule has 0 atom stereocenters. The minimum atomic E-state index is -0.733. The Kier molecular flexibility index (Phi) is 2.87. The maximum absolute atomic E-state index is 10.1. The summed E-state index contributed by atoms with van der Waals surface area (Å²) in [7, 11) is 0. The SMILES string of the molecule is NC(N=Nc1c(O)[nH]c2ccccc12)=N[N+](=O)O. The quantitative estimate of drug-likeness (QED) is 0.276. The molecule has 0 aliphatic rings. The van der Waals surface area contributed by atoms with Crippen molar-refractivity contribution in [3.63, 3.8) is 0 Å². The maximum Gasteiger partial charge on any atom is 0.391 e. The van der Waals surface area contributed by atoms with Gasteiger partial charge in [-0.3, -0.25) is 0 Å². The molecule has 92 valence electrons. The van der Waals surface area contributed by atoms with Crippen LogP contribution in [0.2, 0.25) is 0 Å². The number of nitrogens with zero attached hydrogens (tertiary/aromatic N) is 4. The van der Waals surface area contributed by atoms with E-state index in [2.05, 4.69) is 20.3 Å². The summed E-state index contributed by atoms with van der Waals surface area (Å²) in [5.74, 6) is -0.729. The first-order valence-corrected chi connectivity index (χ1v) is 4.79. The number of benzene rings is 1. The van der Waals surface area contributed by atoms with Gasteiger partial charge in [0.2, 0.25) is 5.88 Å². The van der Waals surface area contributed by atoms with Crippen molar-refractivity contribution in [2.24, 2.45) is 21.1 Å². The lowest BCUT2D eigenvalue weighted by Gasteiger charge is -1.89. The van der Waals surface area contributed by atoms with Crippen LogP contribution >= 0.6 is 0 Å². The molecule has 0 aliphatic carbocycles. The van der Waals surface area contributed by atoms with Gasteiger partial charge in [-0.15, -0.1) is 10.2 Å². The molecule has 9 heteroatoms. The first-order chi connectivity index (χ1) is 8.58. The highest BCUT2D eigenvalue weighted by molar-refractivity contribution is 5.94. The molecule has 2 rings (SSSR count). The van der Waals surface area contributed by atoms with Crippen LogP contribution in [0.25, 0.3) is 10.9 Å². The van der Waals surface area contributed by atoms with Gasteiger partial charge in [0.05, 0.1) is 5.52 Å². The third kappa shape index (κ3) is 2.24. The van der Waals surface area contributed by atoms with E-state index in [1.807, 2.05) is 0 Å². The highest BCUT2D eigenvalue weighted by atomic mass is 16.7. The minimum absolute atomic E-state index is 0.166. The molecule has 1 aromatic heterocycles. The second-order valence-corrected chi connectivity index (χ2v) is 3.28. The number of rotatable bonds is 2. The standard InChI is InChI=1S/C9H8N6O3/c10-9(14-15(17)18)13-12-7-5-3-1-2-4-6(5)11-8(7)16/h1-4H,(H4-,10,11,12,13,14,16,17,18)/p+1. The Morgan fingerprint density at radius 3 is 2.83 bits per heavy atom. The van der Waals surface area contributed by atoms with Crippen molar-refractivity contribution in [1.29, 1.82) is 0 Å². The first-order valence-electron chi connectivity index (χ1n) is 4.79. The first kappa shape index (κ1) is 11.5. The van der Waals surface area contributed by atoms with Gasteiger partial charge in [0.1, 0.15) is 10.0 Å². The fraction of sp³-hybridized carbons (Fsp3) is 0. The molecule has 5 N–H and O–H groups in total. The number of hydrogen-bond acceptors (Lipinski definition) is 3. The van der Waals surface area contributed by atoms with Gasteiger partial charge >= 0.3 is 11.0 Å². The number of para-hydroxylation sites is 1. The Labute approximate surface area is 99.8 Å². The smallest absolute Gasteiger partial charge is 0.391 e. The number of aromatic nitrogens is 1. The van der Waals surface area contributed by atoms with Crippen LogP contribution in [0.4, 0.5) is 5.69 Å². The van der Waals surface area contributed by atoms with Crippen LogP contribution in [0.3, 0.4) is 0 Å². The number of guanidine groups is 1. The molecule has 0 bridgehead atoms. The third-order valence-corrected chi connectivity index (χ3v) is 2.10. The number of aromatic hydroxyl groups is 1. The van der Waals surface area contributed by atoms with E-state index in [0.717, 1.165) is 0 Å². The van der Waals surface area contributed by atoms with Crippen molar-refractivity contribution >= 4 is 22.5 Å². The van der Waals surface area contributed by atoms with Gasteiger partial charge in [-0.05, 0) is 6.07 Å². The molecule has 0 aliphatic heterocycles. The van der Waals surface area contributed by atoms with Crippen LogP contribution < -0.4 is 5.73 Å². The van der Waals surface area contributed by atoms with Crippen molar-refractivity contribution in [2.75, 3.05) is 0 Å². The molecule has 0 spiro atoms. The summed E-state index contributed by atoms with van der Waals surface area (Å²) in [5, 5.41) is 27.7. The lowest BCUT2D eigenvalue weighted by Crippen LogP contribution is -2.10. The molecule has 0 saturated carbocycles. The van der Waals surface area contributed by atoms with Crippen LogP contribution in [0.15, 0.2) is 39.6 Å². The van der Waals surface area contributed by atoms with Crippen LogP contribution in [-0.2, 0) is 0 Å². The molecule has 2 aromatic rings. The Morgan fingerprint density at radius 2 is 2.11 bits per heavy atom. The summed E-state index contributed by atoms with van der Waals surface area (Å²) >= 11 is 0. The summed E-state index contributed by atoms with van der Waals surface area (Å²) in [6.07, 6.45) is 0. The predicted molar refractivity (Wildman–Crippen MR) is 61.5 cm³/mol. The number of H-pyrrole nitrogens is 1. The fourth-order valence-electron chi connectivity index (χ4n) is 1.42. The Hall–Kier alpha value is -2.97. The van der Waals surface area contributed by atoms with Gasteiger partial charge in [0.25, 0.3) is 0 Å². The van der Waals surface area contributed by atoms with Crippen LogP contribution in [-0.4, -0.2) is 26.3 Å². The van der Waals surface area contributed by atoms with E-state index in [9.17, 15) is 10.0 Å². The van der Waals surface area contributed by atoms with Crippen molar-refractivity contribution < 1.29 is 15.3 Å². The van der Waals surface area contributed by atoms with Crippen LogP contribution in [0, 0.1) is 4.91 Å². The lowest BCUT2D eigenvalue weighted by molar-refractivity contribution is -0.796. The number of nitrogens with two attached hydrogens (primary N) is 1. The Balaban J connectivity index is 2.40. The van der Waals surface area contributed by atoms with Gasteiger partial charge in [-0.2, -0.15) is 0 Å². The lowest BCUT2D eigenvalue weighted by atomic mass is 10.2. The topological polar surface area (TPSA) is 139 Å². The van der Waals surface area contributed by atoms with Crippen LogP contribution in [0.5, 0.6) is 5.88 Å². The van der Waals surface area contributed by atoms with E-state index in [4.69, 9.17) is 10.9 Å². The van der Waals surface area contributed by atoms with E-state index in [-0.39, 0.29) is 11.6 Å². The van der Waals surface area contributed by atoms with Crippen molar-refractivity contribution in [1.82, 2.24) is 4.98 Å². The summed E-state index contributed by atoms with van der Waals surface area (Å²) < 4.78 is 0. The fourth-order valence-corrected chi connectivity index (χ4v) is 1.42. The summed E-state index contributed by atoms with van der Waals surface area (Å²) in [4.78, 5) is 12.8. The molecular weight excluding hydrogens is 240 g/mol. The second kappa shape index (κ2) is 4.49. The van der Waals surface area contributed by atoms with Gasteiger partial charge in [-0.25, -0.2) is 5.21 Å². The minimum Gasteiger partial charge on any atom is -0.493 e. The Morgan fingerprint density at radius 1 is 1.39 bits per heavy atom. The van der Waals surface area contributed by atoms with Gasteiger partial charge < -0.3 is 15.8 Å². The van der Waals surface area contributed by atoms with E-state index < -0.39 is 11.0 Å². The largest absolute Gasteiger partial charge is 0.493 e. The normalized spacial score (nSPS) is 12.3. The molecule has 0 fully saturated rings. The van der Waals surface area contributed by atoms with Gasteiger partial charge in [0.15, 0.2) is 5.69 Å². The average Bonchev–Trinajstić information content (AvgIpc) is 2.61. The van der Waals surface area contributed by atoms with Crippen LogP contribution in [0.1, 0.15) is 0 Å². The number of fused-ring (bicyclic) bond motifs is 1. The van der Waals surface area contributed by atoms with Crippen molar-refractivity contribution in [2.45, 2.75) is 0 Å². The molecule has 9 nitrogen and oxygen atoms in total. The number of azo groups is 1. The molecule has 0 unspecified atom stereocenters. The number of hydrazone groups is 1. The summed E-state index contributed by atoms with van der Waals surface area (Å²) in [6.45, 7) is 0. The molecular formula is C9H9N6O3+. The molecule has 18 heavy (non-hydrogen) atoms. The van der Waals surface area contributed by atoms with E-state index in [0.29, 0.717) is 10.9 Å². The zero-order valence-electron chi connectivity index (χ0n) is 8.98. The van der Waals surface area contributed by atoms with Gasteiger partial charge in [0, 0.05) is 5.39 Å². The molecule has 0 saturated heterocycles. The summed E-state index contributed by atoms with van der Waals surface area (Å²) in [6, 6.07) is 7.02. The zero-order chi connectivity index (χ0) is 13.1. The molecule has 0 radical (unpaired) electrons. The monoisotopic (exact) mass is 249 g/mol. The average molecular weight is 249 g/mol. The molecule has 0 amide bonds.